The number of carbonyl (C=O) groups is 1. The number of hydrogen-bond acceptors (Lipinski definition) is 5. The second-order valence-corrected chi connectivity index (χ2v) is 8.83. The number of aromatic nitrogens is 2. The highest BCUT2D eigenvalue weighted by molar-refractivity contribution is 5.76. The van der Waals surface area contributed by atoms with Crippen LogP contribution in [-0.2, 0) is 24.2 Å². The molecular formula is C22H27F2N5O2. The fourth-order valence-corrected chi connectivity index (χ4v) is 5.05. The van der Waals surface area contributed by atoms with Crippen molar-refractivity contribution in [3.8, 4) is 0 Å². The molecule has 1 aliphatic carbocycles. The molecule has 1 amide bonds. The normalized spacial score (nSPS) is 22.9. The number of aryl methyl sites for hydroxylation is 1. The number of nitrogen functional groups attached to an aromatic ring is 1. The first-order chi connectivity index (χ1) is 14.8. The Bertz CT molecular complexity index is 1030. The molecule has 1 aromatic carbocycles. The van der Waals surface area contributed by atoms with Crippen molar-refractivity contribution in [1.82, 2.24) is 14.7 Å². The summed E-state index contributed by atoms with van der Waals surface area (Å²) in [5.74, 6) is 0.739. The van der Waals surface area contributed by atoms with Gasteiger partial charge in [0.1, 0.15) is 0 Å². The summed E-state index contributed by atoms with van der Waals surface area (Å²) in [7, 11) is 0. The number of nitrogens with zero attached hydrogens (tertiary/aromatic N) is 4. The molecule has 5 rings (SSSR count). The zero-order valence-electron chi connectivity index (χ0n) is 17.5. The van der Waals surface area contributed by atoms with Gasteiger partial charge in [-0.05, 0) is 43.4 Å². The number of nitrogens with two attached hydrogens (primary N) is 1. The van der Waals surface area contributed by atoms with Crippen LogP contribution in [0.25, 0.3) is 0 Å². The van der Waals surface area contributed by atoms with Gasteiger partial charge in [-0.1, -0.05) is 0 Å². The van der Waals surface area contributed by atoms with Gasteiger partial charge < -0.3 is 20.6 Å². The Morgan fingerprint density at radius 2 is 2.03 bits per heavy atom. The van der Waals surface area contributed by atoms with Crippen LogP contribution in [0.15, 0.2) is 12.1 Å². The standard InChI is InChI=1S/C22H27F2N5O2/c1-12(30)27-6-4-19-17(11-27)22(26-29(19)14-8-15(31)9-14)28-5-2-3-13-7-18(25)16(21(23)24)10-20(13)28/h7,10,14-15,21,31H,2-6,8-9,11,25H2,1H3. The van der Waals surface area contributed by atoms with E-state index in [1.807, 2.05) is 9.58 Å². The number of alkyl halides is 2. The van der Waals surface area contributed by atoms with Crippen molar-refractivity contribution in [2.45, 2.75) is 64.1 Å². The lowest BCUT2D eigenvalue weighted by molar-refractivity contribution is -0.129. The first-order valence-corrected chi connectivity index (χ1v) is 10.8. The molecule has 3 aliphatic rings. The molecule has 2 aliphatic heterocycles. The van der Waals surface area contributed by atoms with Gasteiger partial charge in [-0.2, -0.15) is 5.10 Å². The van der Waals surface area contributed by atoms with Crippen LogP contribution in [-0.4, -0.2) is 44.9 Å². The highest BCUT2D eigenvalue weighted by atomic mass is 19.3. The third-order valence-electron chi connectivity index (χ3n) is 6.84. The van der Waals surface area contributed by atoms with Crippen molar-refractivity contribution >= 4 is 23.1 Å². The Morgan fingerprint density at radius 3 is 2.71 bits per heavy atom. The van der Waals surface area contributed by atoms with E-state index in [1.165, 1.54) is 6.07 Å². The largest absolute Gasteiger partial charge is 0.398 e. The molecule has 0 radical (unpaired) electrons. The van der Waals surface area contributed by atoms with E-state index in [-0.39, 0.29) is 29.3 Å². The molecular weight excluding hydrogens is 404 g/mol. The van der Waals surface area contributed by atoms with Crippen molar-refractivity contribution in [3.05, 3.63) is 34.5 Å². The van der Waals surface area contributed by atoms with Crippen LogP contribution in [0.5, 0.6) is 0 Å². The minimum Gasteiger partial charge on any atom is -0.398 e. The minimum absolute atomic E-state index is 0.00946. The molecule has 1 fully saturated rings. The smallest absolute Gasteiger partial charge is 0.265 e. The summed E-state index contributed by atoms with van der Waals surface area (Å²) in [6.07, 6.45) is 0.693. The van der Waals surface area contributed by atoms with Crippen LogP contribution >= 0.6 is 0 Å². The molecule has 7 nitrogen and oxygen atoms in total. The van der Waals surface area contributed by atoms with Gasteiger partial charge in [0.15, 0.2) is 5.82 Å². The van der Waals surface area contributed by atoms with E-state index < -0.39 is 6.43 Å². The summed E-state index contributed by atoms with van der Waals surface area (Å²) in [6, 6.07) is 3.29. The van der Waals surface area contributed by atoms with Crippen molar-refractivity contribution in [1.29, 1.82) is 0 Å². The number of rotatable bonds is 3. The third-order valence-corrected chi connectivity index (χ3v) is 6.84. The van der Waals surface area contributed by atoms with E-state index in [0.717, 1.165) is 41.2 Å². The predicted octanol–water partition coefficient (Wildman–Crippen LogP) is 3.09. The van der Waals surface area contributed by atoms with E-state index in [9.17, 15) is 18.7 Å². The number of aliphatic hydroxyl groups excluding tert-OH is 1. The molecule has 0 bridgehead atoms. The molecule has 166 valence electrons. The van der Waals surface area contributed by atoms with Crippen LogP contribution in [0.1, 0.15) is 61.0 Å². The van der Waals surface area contributed by atoms with E-state index in [4.69, 9.17) is 10.8 Å². The van der Waals surface area contributed by atoms with E-state index in [2.05, 4.69) is 0 Å². The first-order valence-electron chi connectivity index (χ1n) is 10.8. The monoisotopic (exact) mass is 431 g/mol. The van der Waals surface area contributed by atoms with E-state index in [0.29, 0.717) is 38.9 Å². The van der Waals surface area contributed by atoms with E-state index in [1.54, 1.807) is 17.9 Å². The van der Waals surface area contributed by atoms with Crippen LogP contribution < -0.4 is 10.6 Å². The van der Waals surface area contributed by atoms with Crippen LogP contribution in [0.3, 0.4) is 0 Å². The zero-order valence-corrected chi connectivity index (χ0v) is 17.5. The van der Waals surface area contributed by atoms with Gasteiger partial charge in [0.05, 0.1) is 18.7 Å². The summed E-state index contributed by atoms with van der Waals surface area (Å²) in [4.78, 5) is 15.9. The summed E-state index contributed by atoms with van der Waals surface area (Å²) in [6.45, 7) is 3.31. The van der Waals surface area contributed by atoms with Crippen LogP contribution in [0.2, 0.25) is 0 Å². The van der Waals surface area contributed by atoms with Crippen molar-refractivity contribution < 1.29 is 18.7 Å². The second kappa shape index (κ2) is 7.47. The average molecular weight is 431 g/mol. The number of carbonyl (C=O) groups excluding carboxylic acids is 1. The molecule has 3 N–H and O–H groups in total. The highest BCUT2D eigenvalue weighted by Gasteiger charge is 2.37. The number of benzene rings is 1. The quantitative estimate of drug-likeness (QED) is 0.730. The van der Waals surface area contributed by atoms with E-state index >= 15 is 0 Å². The molecule has 1 aromatic heterocycles. The van der Waals surface area contributed by atoms with Crippen LogP contribution in [0, 0.1) is 0 Å². The summed E-state index contributed by atoms with van der Waals surface area (Å²) < 4.78 is 29.1. The lowest BCUT2D eigenvalue weighted by Crippen LogP contribution is -2.37. The molecule has 0 saturated heterocycles. The Morgan fingerprint density at radius 1 is 1.26 bits per heavy atom. The van der Waals surface area contributed by atoms with Crippen molar-refractivity contribution in [3.63, 3.8) is 0 Å². The Kier molecular flexibility index (Phi) is 4.88. The SMILES string of the molecule is CC(=O)N1CCc2c(c(N3CCCc4cc(N)c(C(F)F)cc43)nn2C2CC(O)C2)C1. The number of halogens is 2. The van der Waals surface area contributed by atoms with Crippen LogP contribution in [0.4, 0.5) is 26.0 Å². The Labute approximate surface area is 179 Å². The number of hydrogen-bond donors (Lipinski definition) is 2. The molecule has 0 unspecified atom stereocenters. The van der Waals surface area contributed by atoms with Crippen molar-refractivity contribution in [2.75, 3.05) is 23.7 Å². The second-order valence-electron chi connectivity index (χ2n) is 8.83. The minimum atomic E-state index is -2.65. The maximum Gasteiger partial charge on any atom is 0.265 e. The fraction of sp³-hybridized carbons (Fsp3) is 0.545. The maximum atomic E-state index is 13.6. The summed E-state index contributed by atoms with van der Waals surface area (Å²) in [5, 5.41) is 14.7. The van der Waals surface area contributed by atoms with Gasteiger partial charge in [0, 0.05) is 54.6 Å². The van der Waals surface area contributed by atoms with Gasteiger partial charge in [-0.15, -0.1) is 0 Å². The topological polar surface area (TPSA) is 87.6 Å². The predicted molar refractivity (Wildman–Crippen MR) is 112 cm³/mol. The fourth-order valence-electron chi connectivity index (χ4n) is 5.05. The van der Waals surface area contributed by atoms with Gasteiger partial charge in [-0.3, -0.25) is 9.48 Å². The number of aliphatic hydroxyl groups is 1. The molecule has 1 saturated carbocycles. The first kappa shape index (κ1) is 20.2. The molecule has 9 heteroatoms. The maximum absolute atomic E-state index is 13.6. The summed E-state index contributed by atoms with van der Waals surface area (Å²) in [5.41, 5.74) is 9.57. The molecule has 2 aromatic rings. The molecule has 31 heavy (non-hydrogen) atoms. The number of fused-ring (bicyclic) bond motifs is 2. The number of amides is 1. The lowest BCUT2D eigenvalue weighted by Gasteiger charge is -2.34. The van der Waals surface area contributed by atoms with Crippen molar-refractivity contribution in [2.24, 2.45) is 0 Å². The Balaban J connectivity index is 1.61. The van der Waals surface area contributed by atoms with Gasteiger partial charge >= 0.3 is 0 Å². The Hall–Kier alpha value is -2.68. The molecule has 0 spiro atoms. The third kappa shape index (κ3) is 3.35. The van der Waals surface area contributed by atoms with Gasteiger partial charge in [0.2, 0.25) is 5.91 Å². The lowest BCUT2D eigenvalue weighted by atomic mass is 9.89. The molecule has 3 heterocycles. The summed E-state index contributed by atoms with van der Waals surface area (Å²) >= 11 is 0. The highest BCUT2D eigenvalue weighted by Crippen LogP contribution is 2.43. The van der Waals surface area contributed by atoms with Gasteiger partial charge in [-0.25, -0.2) is 8.78 Å². The number of anilines is 3. The average Bonchev–Trinajstić information content (AvgIpc) is 3.08. The zero-order chi connectivity index (χ0) is 21.9. The van der Waals surface area contributed by atoms with Gasteiger partial charge in [0.25, 0.3) is 6.43 Å². The molecule has 0 atom stereocenters.